The van der Waals surface area contributed by atoms with Crippen LogP contribution in [0.1, 0.15) is 42.4 Å². The molecule has 0 spiro atoms. The van der Waals surface area contributed by atoms with E-state index in [2.05, 4.69) is 15.5 Å². The van der Waals surface area contributed by atoms with E-state index in [9.17, 15) is 9.59 Å². The summed E-state index contributed by atoms with van der Waals surface area (Å²) in [5.41, 5.74) is 2.50. The molecule has 3 aromatic rings. The molecule has 1 aromatic heterocycles. The molecule has 1 atom stereocenters. The molecule has 0 unspecified atom stereocenters. The molecule has 4 rings (SSSR count). The van der Waals surface area contributed by atoms with E-state index in [1.54, 1.807) is 23.1 Å². The fourth-order valence-electron chi connectivity index (χ4n) is 3.47. The number of hydrogen-bond donors (Lipinski definition) is 1. The van der Waals surface area contributed by atoms with Crippen molar-refractivity contribution >= 4 is 17.5 Å². The lowest BCUT2D eigenvalue weighted by atomic mass is 10.0. The van der Waals surface area contributed by atoms with E-state index in [1.807, 2.05) is 44.2 Å². The summed E-state index contributed by atoms with van der Waals surface area (Å²) in [6, 6.07) is 15.3. The van der Waals surface area contributed by atoms with Gasteiger partial charge in [0.2, 0.25) is 5.82 Å². The lowest BCUT2D eigenvalue weighted by molar-refractivity contribution is -0.121. The highest BCUT2D eigenvalue weighted by Gasteiger charge is 2.26. The lowest BCUT2D eigenvalue weighted by Gasteiger charge is -2.29. The first-order chi connectivity index (χ1) is 15.1. The van der Waals surface area contributed by atoms with Crippen molar-refractivity contribution in [2.75, 3.05) is 24.6 Å². The zero-order chi connectivity index (χ0) is 21.8. The van der Waals surface area contributed by atoms with Crippen molar-refractivity contribution in [3.05, 3.63) is 60.0 Å². The molecule has 0 fully saturated rings. The molecule has 0 saturated carbocycles. The molecule has 1 aliphatic rings. The number of aromatic nitrogens is 2. The highest BCUT2D eigenvalue weighted by molar-refractivity contribution is 5.98. The number of amides is 2. The third kappa shape index (κ3) is 4.42. The maximum atomic E-state index is 12.4. The van der Waals surface area contributed by atoms with Gasteiger partial charge in [-0.05, 0) is 36.1 Å². The minimum Gasteiger partial charge on any atom is -0.482 e. The normalized spacial score (nSPS) is 14.0. The van der Waals surface area contributed by atoms with Crippen molar-refractivity contribution in [3.8, 4) is 17.1 Å². The summed E-state index contributed by atoms with van der Waals surface area (Å²) >= 11 is 0. The van der Waals surface area contributed by atoms with Crippen molar-refractivity contribution in [2.45, 2.75) is 26.2 Å². The maximum absolute atomic E-state index is 12.4. The summed E-state index contributed by atoms with van der Waals surface area (Å²) in [4.78, 5) is 30.5. The Balaban J connectivity index is 1.45. The van der Waals surface area contributed by atoms with Crippen LogP contribution in [0.4, 0.5) is 5.69 Å². The summed E-state index contributed by atoms with van der Waals surface area (Å²) in [6.07, 6.45) is 0.846. The second kappa shape index (κ2) is 8.99. The van der Waals surface area contributed by atoms with Crippen LogP contribution in [0.5, 0.6) is 5.75 Å². The van der Waals surface area contributed by atoms with Crippen LogP contribution in [0.15, 0.2) is 53.1 Å². The van der Waals surface area contributed by atoms with Gasteiger partial charge in [0.15, 0.2) is 6.61 Å². The molecular weight excluding hydrogens is 396 g/mol. The number of anilines is 1. The van der Waals surface area contributed by atoms with Crippen LogP contribution in [0.2, 0.25) is 0 Å². The van der Waals surface area contributed by atoms with E-state index in [-0.39, 0.29) is 30.1 Å². The fraction of sp³-hybridized carbons (Fsp3) is 0.304. The fourth-order valence-corrected chi connectivity index (χ4v) is 3.47. The second-order valence-electron chi connectivity index (χ2n) is 7.46. The van der Waals surface area contributed by atoms with E-state index in [1.165, 1.54) is 0 Å². The number of benzene rings is 2. The number of nitrogens with one attached hydrogen (secondary N) is 1. The summed E-state index contributed by atoms with van der Waals surface area (Å²) in [5, 5.41) is 6.76. The minimum atomic E-state index is -0.421. The Morgan fingerprint density at radius 2 is 2.03 bits per heavy atom. The molecule has 0 saturated heterocycles. The Morgan fingerprint density at radius 3 is 2.81 bits per heavy atom. The van der Waals surface area contributed by atoms with Crippen molar-refractivity contribution in [3.63, 3.8) is 0 Å². The van der Waals surface area contributed by atoms with E-state index < -0.39 is 5.91 Å². The number of carbonyl (C=O) groups excluding carboxylic acids is 2. The molecule has 2 aromatic carbocycles. The summed E-state index contributed by atoms with van der Waals surface area (Å²) < 4.78 is 10.7. The van der Waals surface area contributed by atoms with E-state index in [0.29, 0.717) is 24.4 Å². The van der Waals surface area contributed by atoms with Gasteiger partial charge >= 0.3 is 11.8 Å². The minimum absolute atomic E-state index is 0.00402. The highest BCUT2D eigenvalue weighted by Crippen LogP contribution is 2.35. The summed E-state index contributed by atoms with van der Waals surface area (Å²) in [7, 11) is 0. The number of carbonyl (C=O) groups is 2. The molecule has 1 aliphatic heterocycles. The lowest BCUT2D eigenvalue weighted by Crippen LogP contribution is -2.39. The summed E-state index contributed by atoms with van der Waals surface area (Å²) in [5.74, 6) is 0.432. The van der Waals surface area contributed by atoms with Crippen molar-refractivity contribution in [1.29, 1.82) is 0 Å². The van der Waals surface area contributed by atoms with E-state index in [0.717, 1.165) is 17.7 Å². The van der Waals surface area contributed by atoms with Gasteiger partial charge in [-0.2, -0.15) is 4.98 Å². The van der Waals surface area contributed by atoms with Crippen molar-refractivity contribution < 1.29 is 18.8 Å². The van der Waals surface area contributed by atoms with Crippen LogP contribution in [0.3, 0.4) is 0 Å². The van der Waals surface area contributed by atoms with Crippen LogP contribution in [-0.4, -0.2) is 41.7 Å². The quantitative estimate of drug-likeness (QED) is 0.629. The molecule has 2 amide bonds. The number of rotatable bonds is 7. The van der Waals surface area contributed by atoms with Crippen LogP contribution in [0, 0.1) is 0 Å². The molecule has 0 radical (unpaired) electrons. The van der Waals surface area contributed by atoms with Gasteiger partial charge in [0.1, 0.15) is 5.75 Å². The van der Waals surface area contributed by atoms with Crippen LogP contribution < -0.4 is 15.0 Å². The van der Waals surface area contributed by atoms with Gasteiger partial charge in [0, 0.05) is 18.7 Å². The largest absolute Gasteiger partial charge is 0.482 e. The average Bonchev–Trinajstić information content (AvgIpc) is 3.30. The maximum Gasteiger partial charge on any atom is 0.316 e. The third-order valence-corrected chi connectivity index (χ3v) is 5.17. The predicted octanol–water partition coefficient (Wildman–Crippen LogP) is 3.41. The first-order valence-corrected chi connectivity index (χ1v) is 10.3. The molecule has 0 bridgehead atoms. The third-order valence-electron chi connectivity index (χ3n) is 5.17. The molecule has 2 heterocycles. The van der Waals surface area contributed by atoms with Crippen molar-refractivity contribution in [2.24, 2.45) is 0 Å². The Kier molecular flexibility index (Phi) is 5.97. The zero-order valence-corrected chi connectivity index (χ0v) is 17.5. The Bertz CT molecular complexity index is 1080. The van der Waals surface area contributed by atoms with Gasteiger partial charge in [-0.1, -0.05) is 49.3 Å². The van der Waals surface area contributed by atoms with Gasteiger partial charge in [-0.3, -0.25) is 9.59 Å². The second-order valence-corrected chi connectivity index (χ2v) is 7.46. The predicted molar refractivity (Wildman–Crippen MR) is 115 cm³/mol. The van der Waals surface area contributed by atoms with Gasteiger partial charge in [0.25, 0.3) is 5.91 Å². The Morgan fingerprint density at radius 1 is 1.23 bits per heavy atom. The van der Waals surface area contributed by atoms with Crippen LogP contribution in [-0.2, 0) is 4.79 Å². The SMILES string of the molecule is CCCN1C(=O)COc2cc(-c3noc(C(=O)NC[C@@H](C)c4ccccc4)n3)ccc21. The molecule has 160 valence electrons. The monoisotopic (exact) mass is 420 g/mol. The number of nitrogens with zero attached hydrogens (tertiary/aromatic N) is 3. The molecule has 8 heteroatoms. The zero-order valence-electron chi connectivity index (χ0n) is 17.5. The van der Waals surface area contributed by atoms with E-state index >= 15 is 0 Å². The van der Waals surface area contributed by atoms with Crippen molar-refractivity contribution in [1.82, 2.24) is 15.5 Å². The number of fused-ring (bicyclic) bond motifs is 1. The Labute approximate surface area is 180 Å². The smallest absolute Gasteiger partial charge is 0.316 e. The molecule has 31 heavy (non-hydrogen) atoms. The molecular formula is C23H24N4O4. The molecule has 1 N–H and O–H groups in total. The van der Waals surface area contributed by atoms with Gasteiger partial charge in [-0.25, -0.2) is 0 Å². The average molecular weight is 420 g/mol. The summed E-state index contributed by atoms with van der Waals surface area (Å²) in [6.45, 7) is 5.13. The first kappa shape index (κ1) is 20.6. The number of hydrogen-bond acceptors (Lipinski definition) is 6. The highest BCUT2D eigenvalue weighted by atomic mass is 16.5. The number of ether oxygens (including phenoxy) is 1. The van der Waals surface area contributed by atoms with Crippen LogP contribution in [0.25, 0.3) is 11.4 Å². The first-order valence-electron chi connectivity index (χ1n) is 10.3. The Hall–Kier alpha value is -3.68. The molecule has 8 nitrogen and oxygen atoms in total. The van der Waals surface area contributed by atoms with E-state index in [4.69, 9.17) is 9.26 Å². The molecule has 0 aliphatic carbocycles. The van der Waals surface area contributed by atoms with Gasteiger partial charge < -0.3 is 19.5 Å². The van der Waals surface area contributed by atoms with Gasteiger partial charge in [0.05, 0.1) is 5.69 Å². The van der Waals surface area contributed by atoms with Gasteiger partial charge in [-0.15, -0.1) is 0 Å². The standard InChI is InChI=1S/C23H24N4O4/c1-3-11-27-18-10-9-17(12-19(18)30-14-20(27)28)21-25-23(31-26-21)22(29)24-13-15(2)16-7-5-4-6-8-16/h4-10,12,15H,3,11,13-14H2,1-2H3,(H,24,29)/t15-/m1/s1. The topological polar surface area (TPSA) is 97.6 Å². The van der Waals surface area contributed by atoms with Crippen LogP contribution >= 0.6 is 0 Å².